The van der Waals surface area contributed by atoms with Crippen molar-refractivity contribution in [1.82, 2.24) is 0 Å². The zero-order valence-electron chi connectivity index (χ0n) is 43.6. The largest absolute Gasteiger partial charge is 0.472 e. The van der Waals surface area contributed by atoms with Crippen LogP contribution in [0.2, 0.25) is 0 Å². The Morgan fingerprint density at radius 2 is 0.746 bits per heavy atom. The molecule has 0 bridgehead atoms. The van der Waals surface area contributed by atoms with Crippen molar-refractivity contribution in [2.45, 2.75) is 277 Å². The maximum Gasteiger partial charge on any atom is 0.472 e. The molecule has 9 nitrogen and oxygen atoms in total. The second-order valence-electron chi connectivity index (χ2n) is 18.8. The highest BCUT2D eigenvalue weighted by molar-refractivity contribution is 7.47. The molecular weight excluding hydrogens is 858 g/mol. The fourth-order valence-corrected chi connectivity index (χ4v) is 8.74. The summed E-state index contributed by atoms with van der Waals surface area (Å²) in [6, 6.07) is 0. The van der Waals surface area contributed by atoms with Crippen LogP contribution in [0.15, 0.2) is 48.6 Å². The average Bonchev–Trinajstić information content (AvgIpc) is 3.32. The van der Waals surface area contributed by atoms with Gasteiger partial charge in [-0.3, -0.25) is 18.6 Å². The van der Waals surface area contributed by atoms with Gasteiger partial charge in [-0.05, 0) is 77.0 Å². The molecule has 1 unspecified atom stereocenters. The maximum atomic E-state index is 12.7. The lowest BCUT2D eigenvalue weighted by Gasteiger charge is -2.19. The van der Waals surface area contributed by atoms with E-state index in [0.29, 0.717) is 12.8 Å². The lowest BCUT2D eigenvalue weighted by atomic mass is 10.0. The van der Waals surface area contributed by atoms with Gasteiger partial charge in [0.1, 0.15) is 6.61 Å². The summed E-state index contributed by atoms with van der Waals surface area (Å²) in [4.78, 5) is 35.1. The molecule has 0 saturated carbocycles. The van der Waals surface area contributed by atoms with Crippen LogP contribution < -0.4 is 5.73 Å². The molecular formula is C57H106NO8P. The molecule has 0 aromatic heterocycles. The predicted octanol–water partition coefficient (Wildman–Crippen LogP) is 17.4. The number of esters is 2. The first kappa shape index (κ1) is 65.0. The van der Waals surface area contributed by atoms with Gasteiger partial charge in [-0.2, -0.15) is 0 Å². The third kappa shape index (κ3) is 53.2. The van der Waals surface area contributed by atoms with Crippen LogP contribution in [-0.4, -0.2) is 49.3 Å². The minimum Gasteiger partial charge on any atom is -0.462 e. The molecule has 0 heterocycles. The molecule has 0 aliphatic heterocycles. The Hall–Kier alpha value is -2.03. The molecule has 0 fully saturated rings. The average molecular weight is 964 g/mol. The molecule has 0 rings (SSSR count). The summed E-state index contributed by atoms with van der Waals surface area (Å²) in [6.45, 7) is 3.70. The number of hydrogen-bond acceptors (Lipinski definition) is 8. The summed E-state index contributed by atoms with van der Waals surface area (Å²) < 4.78 is 32.9. The van der Waals surface area contributed by atoms with Crippen molar-refractivity contribution in [3.8, 4) is 0 Å². The highest BCUT2D eigenvalue weighted by Gasteiger charge is 2.26. The zero-order valence-corrected chi connectivity index (χ0v) is 44.5. The van der Waals surface area contributed by atoms with Gasteiger partial charge < -0.3 is 20.1 Å². The number of phosphoric acid groups is 1. The number of allylic oxidation sites excluding steroid dienone is 8. The quantitative estimate of drug-likeness (QED) is 0.0264. The summed E-state index contributed by atoms with van der Waals surface area (Å²) in [5.41, 5.74) is 5.37. The van der Waals surface area contributed by atoms with Crippen LogP contribution in [0.1, 0.15) is 271 Å². The molecule has 0 spiro atoms. The smallest absolute Gasteiger partial charge is 0.462 e. The van der Waals surface area contributed by atoms with Crippen molar-refractivity contribution in [2.24, 2.45) is 5.73 Å². The molecule has 3 N–H and O–H groups in total. The van der Waals surface area contributed by atoms with E-state index in [4.69, 9.17) is 24.3 Å². The Kier molecular flexibility index (Phi) is 51.7. The first-order valence-electron chi connectivity index (χ1n) is 28.1. The molecule has 0 saturated heterocycles. The third-order valence-corrected chi connectivity index (χ3v) is 13.1. The van der Waals surface area contributed by atoms with Gasteiger partial charge in [-0.1, -0.05) is 229 Å². The van der Waals surface area contributed by atoms with Crippen molar-refractivity contribution in [3.05, 3.63) is 48.6 Å². The summed E-state index contributed by atoms with van der Waals surface area (Å²) in [5.74, 6) is -0.919. The highest BCUT2D eigenvalue weighted by atomic mass is 31.2. The maximum absolute atomic E-state index is 12.7. The van der Waals surface area contributed by atoms with Crippen molar-refractivity contribution >= 4 is 19.8 Å². The number of unbranched alkanes of at least 4 members (excludes halogenated alkanes) is 32. The number of carbonyl (C=O) groups excluding carboxylic acids is 2. The van der Waals surface area contributed by atoms with Gasteiger partial charge in [0.05, 0.1) is 13.2 Å². The molecule has 392 valence electrons. The minimum atomic E-state index is -4.40. The minimum absolute atomic E-state index is 0.0421. The molecule has 10 heteroatoms. The molecule has 0 amide bonds. The Bertz CT molecular complexity index is 1240. The van der Waals surface area contributed by atoms with Gasteiger partial charge >= 0.3 is 19.8 Å². The van der Waals surface area contributed by atoms with Crippen molar-refractivity contribution in [3.63, 3.8) is 0 Å². The highest BCUT2D eigenvalue weighted by Crippen LogP contribution is 2.43. The Balaban J connectivity index is 4.09. The molecule has 0 aliphatic carbocycles. The van der Waals surface area contributed by atoms with Crippen molar-refractivity contribution in [2.75, 3.05) is 26.4 Å². The monoisotopic (exact) mass is 964 g/mol. The van der Waals surface area contributed by atoms with Crippen LogP contribution >= 0.6 is 7.82 Å². The van der Waals surface area contributed by atoms with Crippen LogP contribution in [0.3, 0.4) is 0 Å². The summed E-state index contributed by atoms with van der Waals surface area (Å²) in [6.07, 6.45) is 64.8. The topological polar surface area (TPSA) is 134 Å². The van der Waals surface area contributed by atoms with E-state index in [9.17, 15) is 19.0 Å². The van der Waals surface area contributed by atoms with Crippen LogP contribution in [0.5, 0.6) is 0 Å². The number of hydrogen-bond donors (Lipinski definition) is 2. The number of rotatable bonds is 53. The molecule has 0 aliphatic rings. The van der Waals surface area contributed by atoms with E-state index in [2.05, 4.69) is 62.5 Å². The predicted molar refractivity (Wildman–Crippen MR) is 284 cm³/mol. The first-order chi connectivity index (χ1) is 32.8. The summed E-state index contributed by atoms with van der Waals surface area (Å²) in [5, 5.41) is 0. The summed E-state index contributed by atoms with van der Waals surface area (Å²) >= 11 is 0. The SMILES string of the molecule is CCCCCCCCCCCCCCCC/C=C\CC/C=C\CCCC(=O)OC[C@H](COP(=O)(O)OCCN)OC(=O)CCC/C=C\CC/C=C\CCCCCCCCCCCCCCCC. The van der Waals surface area contributed by atoms with E-state index in [1.54, 1.807) is 0 Å². The zero-order chi connectivity index (χ0) is 48.8. The molecule has 2 atom stereocenters. The van der Waals surface area contributed by atoms with E-state index in [-0.39, 0.29) is 32.6 Å². The van der Waals surface area contributed by atoms with Crippen LogP contribution in [0.4, 0.5) is 0 Å². The number of ether oxygens (including phenoxy) is 2. The van der Waals surface area contributed by atoms with Gasteiger partial charge in [-0.25, -0.2) is 4.57 Å². The van der Waals surface area contributed by atoms with E-state index < -0.39 is 32.5 Å². The fraction of sp³-hybridized carbons (Fsp3) is 0.825. The molecule has 67 heavy (non-hydrogen) atoms. The van der Waals surface area contributed by atoms with E-state index in [1.165, 1.54) is 180 Å². The van der Waals surface area contributed by atoms with Crippen molar-refractivity contribution < 1.29 is 37.6 Å². The normalized spacial score (nSPS) is 13.4. The number of nitrogens with two attached hydrogens (primary N) is 1. The molecule has 0 aromatic rings. The number of phosphoric ester groups is 1. The summed E-state index contributed by atoms with van der Waals surface area (Å²) in [7, 11) is -4.40. The van der Waals surface area contributed by atoms with Gasteiger partial charge in [0.2, 0.25) is 0 Å². The standard InChI is InChI=1S/C57H106NO8P/c1-3-5-7-9-11-13-15-17-19-21-23-25-27-29-31-33-35-37-39-41-43-45-47-49-56(59)63-53-55(54-65-67(61,62)64-52-51-58)66-57(60)50-48-46-44-42-40-38-36-34-32-30-28-26-24-22-20-18-16-14-12-10-8-6-4-2/h33-36,41-44,55H,3-32,37-40,45-54,58H2,1-2H3,(H,61,62)/b35-33-,36-34-,43-41-,44-42-/t55-/m1/s1. The lowest BCUT2D eigenvalue weighted by molar-refractivity contribution is -0.161. The van der Waals surface area contributed by atoms with Crippen molar-refractivity contribution in [1.29, 1.82) is 0 Å². The van der Waals surface area contributed by atoms with Gasteiger partial charge in [0.25, 0.3) is 0 Å². The van der Waals surface area contributed by atoms with E-state index in [1.807, 2.05) is 0 Å². The van der Waals surface area contributed by atoms with E-state index in [0.717, 1.165) is 51.4 Å². The molecule has 0 radical (unpaired) electrons. The Labute approximate surface area is 413 Å². The van der Waals surface area contributed by atoms with Crippen LogP contribution in [-0.2, 0) is 32.7 Å². The second kappa shape index (κ2) is 53.3. The Morgan fingerprint density at radius 1 is 0.433 bits per heavy atom. The Morgan fingerprint density at radius 3 is 1.10 bits per heavy atom. The van der Waals surface area contributed by atoms with Crippen LogP contribution in [0.25, 0.3) is 0 Å². The van der Waals surface area contributed by atoms with Crippen LogP contribution in [0, 0.1) is 0 Å². The van der Waals surface area contributed by atoms with Gasteiger partial charge in [0, 0.05) is 19.4 Å². The second-order valence-corrected chi connectivity index (χ2v) is 20.2. The first-order valence-corrected chi connectivity index (χ1v) is 29.6. The van der Waals surface area contributed by atoms with Gasteiger partial charge in [0.15, 0.2) is 6.10 Å². The lowest BCUT2D eigenvalue weighted by Crippen LogP contribution is -2.29. The molecule has 0 aromatic carbocycles. The van der Waals surface area contributed by atoms with Gasteiger partial charge in [-0.15, -0.1) is 0 Å². The van der Waals surface area contributed by atoms with E-state index >= 15 is 0 Å². The third-order valence-electron chi connectivity index (χ3n) is 12.1. The fourth-order valence-electron chi connectivity index (χ4n) is 7.97. The number of carbonyl (C=O) groups is 2.